The highest BCUT2D eigenvalue weighted by Gasteiger charge is 2.18. The van der Waals surface area contributed by atoms with Gasteiger partial charge >= 0.3 is 5.97 Å². The molecule has 0 saturated carbocycles. The van der Waals surface area contributed by atoms with E-state index < -0.39 is 5.97 Å². The number of benzene rings is 4. The van der Waals surface area contributed by atoms with Crippen molar-refractivity contribution in [3.63, 3.8) is 0 Å². The lowest BCUT2D eigenvalue weighted by Crippen LogP contribution is -2.05. The summed E-state index contributed by atoms with van der Waals surface area (Å²) in [5.41, 5.74) is 7.32. The zero-order chi connectivity index (χ0) is 30.8. The highest BCUT2D eigenvalue weighted by Crippen LogP contribution is 2.31. The van der Waals surface area contributed by atoms with Gasteiger partial charge in [-0.2, -0.15) is 0 Å². The van der Waals surface area contributed by atoms with Crippen LogP contribution >= 0.6 is 0 Å². The Hall–Kier alpha value is -5.69. The van der Waals surface area contributed by atoms with E-state index in [1.807, 2.05) is 116 Å². The van der Waals surface area contributed by atoms with Crippen LogP contribution in [0.2, 0.25) is 0 Å². The molecule has 0 spiro atoms. The fourth-order valence-corrected chi connectivity index (χ4v) is 5.76. The smallest absolute Gasteiger partial charge is 0.307 e. The quantitative estimate of drug-likeness (QED) is 0.174. The van der Waals surface area contributed by atoms with Gasteiger partial charge in [0.15, 0.2) is 0 Å². The maximum atomic E-state index is 11.8. The van der Waals surface area contributed by atoms with Crippen LogP contribution in [-0.4, -0.2) is 25.6 Å². The lowest BCUT2D eigenvalue weighted by Gasteiger charge is -2.11. The Bertz CT molecular complexity index is 2170. The molecule has 0 aliphatic carbocycles. The summed E-state index contributed by atoms with van der Waals surface area (Å²) in [5, 5.41) is 12.8. The van der Waals surface area contributed by atoms with Crippen molar-refractivity contribution in [2.45, 2.75) is 33.1 Å². The molecule has 3 aromatic heterocycles. The zero-order valence-corrected chi connectivity index (χ0v) is 24.8. The largest absolute Gasteiger partial charge is 0.487 e. The summed E-state index contributed by atoms with van der Waals surface area (Å²) in [6, 6.07) is 38.0. The average Bonchev–Trinajstić information content (AvgIpc) is 3.31. The maximum Gasteiger partial charge on any atom is 0.307 e. The molecule has 45 heavy (non-hydrogen) atoms. The summed E-state index contributed by atoms with van der Waals surface area (Å²) < 4.78 is 14.3. The minimum atomic E-state index is -0.869. The van der Waals surface area contributed by atoms with Crippen LogP contribution in [0.5, 0.6) is 11.5 Å². The van der Waals surface area contributed by atoms with Gasteiger partial charge in [-0.3, -0.25) is 4.79 Å². The molecule has 7 aromatic rings. The van der Waals surface area contributed by atoms with E-state index in [1.165, 1.54) is 0 Å². The fraction of sp³-hybridized carbons (Fsp3) is 0.132. The van der Waals surface area contributed by atoms with Crippen molar-refractivity contribution in [1.82, 2.24) is 14.5 Å². The van der Waals surface area contributed by atoms with Gasteiger partial charge in [0.1, 0.15) is 24.7 Å². The lowest BCUT2D eigenvalue weighted by atomic mass is 10.1. The number of carboxylic acids is 1. The molecule has 7 rings (SSSR count). The van der Waals surface area contributed by atoms with Crippen LogP contribution in [0, 0.1) is 6.92 Å². The molecule has 0 unspecified atom stereocenters. The SMILES string of the molecule is Cc1c(CC(=O)O)c2cc(OCc3ccc4ccccc4n3)ccc2n1Cc1ccc(OCc2ccc3ccccc3n2)cc1. The molecule has 3 heterocycles. The number of hydrogen-bond acceptors (Lipinski definition) is 5. The van der Waals surface area contributed by atoms with Crippen LogP contribution in [0.1, 0.15) is 28.2 Å². The Kier molecular flexibility index (Phi) is 7.57. The van der Waals surface area contributed by atoms with E-state index in [0.29, 0.717) is 25.5 Å². The minimum absolute atomic E-state index is 0.0688. The highest BCUT2D eigenvalue weighted by molar-refractivity contribution is 5.90. The summed E-state index contributed by atoms with van der Waals surface area (Å²) in [6.07, 6.45) is -0.0688. The van der Waals surface area contributed by atoms with Gasteiger partial charge < -0.3 is 19.1 Å². The average molecular weight is 594 g/mol. The Labute approximate surface area is 260 Å². The predicted octanol–water partition coefficient (Wildman–Crippen LogP) is 7.88. The van der Waals surface area contributed by atoms with E-state index in [0.717, 1.165) is 66.7 Å². The molecule has 222 valence electrons. The van der Waals surface area contributed by atoms with Crippen LogP contribution in [-0.2, 0) is 31.0 Å². The molecular formula is C38H31N3O4. The van der Waals surface area contributed by atoms with Gasteiger partial charge in [-0.15, -0.1) is 0 Å². The number of nitrogens with zero attached hydrogens (tertiary/aromatic N) is 3. The number of ether oxygens (including phenoxy) is 2. The van der Waals surface area contributed by atoms with Crippen molar-refractivity contribution in [1.29, 1.82) is 0 Å². The van der Waals surface area contributed by atoms with Gasteiger partial charge in [0.05, 0.1) is 28.8 Å². The van der Waals surface area contributed by atoms with Crippen molar-refractivity contribution < 1.29 is 19.4 Å². The van der Waals surface area contributed by atoms with Gasteiger partial charge in [-0.25, -0.2) is 9.97 Å². The van der Waals surface area contributed by atoms with Gasteiger partial charge in [-0.1, -0.05) is 60.7 Å². The number of rotatable bonds is 10. The summed E-state index contributed by atoms with van der Waals surface area (Å²) in [5.74, 6) is 0.562. The van der Waals surface area contributed by atoms with E-state index in [9.17, 15) is 9.90 Å². The number of aromatic nitrogens is 3. The Morgan fingerprint density at radius 2 is 1.29 bits per heavy atom. The number of fused-ring (bicyclic) bond motifs is 3. The zero-order valence-electron chi connectivity index (χ0n) is 24.8. The third kappa shape index (κ3) is 6.06. The van der Waals surface area contributed by atoms with E-state index in [4.69, 9.17) is 14.5 Å². The second-order valence-corrected chi connectivity index (χ2v) is 11.1. The first-order chi connectivity index (χ1) is 22.0. The van der Waals surface area contributed by atoms with Crippen LogP contribution < -0.4 is 9.47 Å². The molecule has 0 aliphatic rings. The second-order valence-electron chi connectivity index (χ2n) is 11.1. The molecule has 0 amide bonds. The van der Waals surface area contributed by atoms with E-state index in [2.05, 4.69) is 15.6 Å². The predicted molar refractivity (Wildman–Crippen MR) is 176 cm³/mol. The molecule has 0 bridgehead atoms. The summed E-state index contributed by atoms with van der Waals surface area (Å²) >= 11 is 0. The number of carbonyl (C=O) groups is 1. The number of carboxylic acid groups (broad SMARTS) is 1. The fourth-order valence-electron chi connectivity index (χ4n) is 5.76. The Balaban J connectivity index is 1.08. The van der Waals surface area contributed by atoms with Gasteiger partial charge in [0.2, 0.25) is 0 Å². The van der Waals surface area contributed by atoms with Crippen LogP contribution in [0.25, 0.3) is 32.7 Å². The number of aliphatic carboxylic acids is 1. The third-order valence-corrected chi connectivity index (χ3v) is 8.10. The molecule has 7 nitrogen and oxygen atoms in total. The normalized spacial score (nSPS) is 11.3. The minimum Gasteiger partial charge on any atom is -0.487 e. The van der Waals surface area contributed by atoms with Crippen LogP contribution in [0.4, 0.5) is 0 Å². The Morgan fingerprint density at radius 3 is 1.91 bits per heavy atom. The molecule has 0 aliphatic heterocycles. The molecule has 0 fully saturated rings. The molecule has 0 radical (unpaired) electrons. The first-order valence-electron chi connectivity index (χ1n) is 14.9. The van der Waals surface area contributed by atoms with E-state index >= 15 is 0 Å². The van der Waals surface area contributed by atoms with Crippen LogP contribution in [0.3, 0.4) is 0 Å². The maximum absolute atomic E-state index is 11.8. The van der Waals surface area contributed by atoms with Crippen LogP contribution in [0.15, 0.2) is 115 Å². The lowest BCUT2D eigenvalue weighted by molar-refractivity contribution is -0.136. The first kappa shape index (κ1) is 28.1. The molecular weight excluding hydrogens is 562 g/mol. The van der Waals surface area contributed by atoms with Gasteiger partial charge in [-0.05, 0) is 72.6 Å². The monoisotopic (exact) mass is 593 g/mol. The van der Waals surface area contributed by atoms with Crippen molar-refractivity contribution in [2.24, 2.45) is 0 Å². The summed E-state index contributed by atoms with van der Waals surface area (Å²) in [7, 11) is 0. The molecule has 0 atom stereocenters. The standard InChI is InChI=1S/C38H31N3O4/c1-25-33(21-38(42)43)34-20-32(45-24-30-15-13-28-7-3-5-9-36(28)40-30)18-19-37(34)41(25)22-26-10-16-31(17-11-26)44-23-29-14-12-27-6-2-4-8-35(27)39-29/h2-20H,21-24H2,1H3,(H,42,43). The van der Waals surface area contributed by atoms with Crippen molar-refractivity contribution in [3.05, 3.63) is 143 Å². The highest BCUT2D eigenvalue weighted by atomic mass is 16.5. The summed E-state index contributed by atoms with van der Waals surface area (Å²) in [4.78, 5) is 21.2. The molecule has 4 aromatic carbocycles. The molecule has 1 N–H and O–H groups in total. The number of para-hydroxylation sites is 2. The second kappa shape index (κ2) is 12.1. The Morgan fingerprint density at radius 1 is 0.711 bits per heavy atom. The van der Waals surface area contributed by atoms with Gasteiger partial charge in [0, 0.05) is 33.9 Å². The summed E-state index contributed by atoms with van der Waals surface area (Å²) in [6.45, 7) is 3.27. The molecule has 7 heteroatoms. The van der Waals surface area contributed by atoms with E-state index in [-0.39, 0.29) is 6.42 Å². The first-order valence-corrected chi connectivity index (χ1v) is 14.9. The topological polar surface area (TPSA) is 86.5 Å². The van der Waals surface area contributed by atoms with Crippen molar-refractivity contribution in [3.8, 4) is 11.5 Å². The number of hydrogen-bond donors (Lipinski definition) is 1. The van der Waals surface area contributed by atoms with E-state index in [1.54, 1.807) is 0 Å². The van der Waals surface area contributed by atoms with Crippen molar-refractivity contribution in [2.75, 3.05) is 0 Å². The van der Waals surface area contributed by atoms with Gasteiger partial charge in [0.25, 0.3) is 0 Å². The number of pyridine rings is 2. The van der Waals surface area contributed by atoms with Crippen molar-refractivity contribution >= 4 is 38.7 Å². The molecule has 0 saturated heterocycles. The third-order valence-electron chi connectivity index (χ3n) is 8.10.